The number of nitrogens with zero attached hydrogens (tertiary/aromatic N) is 1. The Labute approximate surface area is 236 Å². The summed E-state index contributed by atoms with van der Waals surface area (Å²) in [6.07, 6.45) is 13.9. The lowest BCUT2D eigenvalue weighted by Gasteiger charge is -2.32. The van der Waals surface area contributed by atoms with Crippen molar-refractivity contribution in [1.82, 2.24) is 5.32 Å². The Morgan fingerprint density at radius 2 is 1.90 bits per heavy atom. The normalized spacial score (nSPS) is 19.2. The van der Waals surface area contributed by atoms with Crippen LogP contribution in [-0.2, 0) is 17.7 Å². The Morgan fingerprint density at radius 1 is 1.10 bits per heavy atom. The Kier molecular flexibility index (Phi) is 8.68. The lowest BCUT2D eigenvalue weighted by Crippen LogP contribution is -2.40. The summed E-state index contributed by atoms with van der Waals surface area (Å²) in [4.78, 5) is 15.5. The second-order valence-corrected chi connectivity index (χ2v) is 10.5. The minimum absolute atomic E-state index is 0.0443. The number of hydrogen-bond donors (Lipinski definition) is 3. The number of amides is 1. The van der Waals surface area contributed by atoms with Crippen molar-refractivity contribution in [3.05, 3.63) is 118 Å². The van der Waals surface area contributed by atoms with E-state index in [1.807, 2.05) is 49.4 Å². The van der Waals surface area contributed by atoms with Crippen molar-refractivity contribution in [1.29, 1.82) is 0 Å². The van der Waals surface area contributed by atoms with Crippen LogP contribution < -0.4 is 10.2 Å². The molecular formula is C34H38N2O4. The summed E-state index contributed by atoms with van der Waals surface area (Å²) in [5, 5.41) is 22.6. The number of allylic oxidation sites excluding steroid dienone is 6. The van der Waals surface area contributed by atoms with E-state index in [0.29, 0.717) is 17.7 Å². The van der Waals surface area contributed by atoms with E-state index in [1.54, 1.807) is 13.0 Å². The number of ether oxygens (including phenoxy) is 1. The van der Waals surface area contributed by atoms with Gasteiger partial charge in [0.15, 0.2) is 6.29 Å². The average molecular weight is 539 g/mol. The summed E-state index contributed by atoms with van der Waals surface area (Å²) in [5.41, 5.74) is 7.66. The van der Waals surface area contributed by atoms with Crippen molar-refractivity contribution in [2.45, 2.75) is 58.4 Å². The van der Waals surface area contributed by atoms with Gasteiger partial charge in [0.2, 0.25) is 0 Å². The van der Waals surface area contributed by atoms with Crippen molar-refractivity contribution in [3.63, 3.8) is 0 Å². The second kappa shape index (κ2) is 12.5. The van der Waals surface area contributed by atoms with Crippen LogP contribution in [0.1, 0.15) is 60.2 Å². The molecule has 2 heterocycles. The van der Waals surface area contributed by atoms with Crippen molar-refractivity contribution in [2.75, 3.05) is 18.1 Å². The minimum Gasteiger partial charge on any atom is -0.495 e. The SMILES string of the molecule is C/C=C(\C(=C/C)C(O)O)c1ccc(CN2CCCc3cc(C(=O)NC4COC5=C(C=CC=CC5)C4)ccc32)cc1. The molecule has 6 nitrogen and oxygen atoms in total. The fourth-order valence-corrected chi connectivity index (χ4v) is 5.80. The quantitative estimate of drug-likeness (QED) is 0.316. The maximum Gasteiger partial charge on any atom is 0.251 e. The third-order valence-electron chi connectivity index (χ3n) is 7.85. The number of carbonyl (C=O) groups excluding carboxylic acids is 1. The summed E-state index contributed by atoms with van der Waals surface area (Å²) in [7, 11) is 0. The lowest BCUT2D eigenvalue weighted by atomic mass is 9.95. The maximum absolute atomic E-state index is 13.2. The molecular weight excluding hydrogens is 500 g/mol. The van der Waals surface area contributed by atoms with Gasteiger partial charge in [-0.3, -0.25) is 4.79 Å². The van der Waals surface area contributed by atoms with Gasteiger partial charge in [0, 0.05) is 36.3 Å². The second-order valence-electron chi connectivity index (χ2n) is 10.5. The number of hydrogen-bond acceptors (Lipinski definition) is 5. The van der Waals surface area contributed by atoms with Gasteiger partial charge in [0.25, 0.3) is 5.91 Å². The topological polar surface area (TPSA) is 82.0 Å². The van der Waals surface area contributed by atoms with Crippen molar-refractivity contribution in [2.24, 2.45) is 0 Å². The van der Waals surface area contributed by atoms with Crippen LogP contribution in [0.15, 0.2) is 95.8 Å². The summed E-state index contributed by atoms with van der Waals surface area (Å²) in [6, 6.07) is 14.3. The molecule has 0 radical (unpaired) electrons. The van der Waals surface area contributed by atoms with Gasteiger partial charge in [-0.15, -0.1) is 0 Å². The summed E-state index contributed by atoms with van der Waals surface area (Å²) in [6.45, 7) is 5.93. The van der Waals surface area contributed by atoms with Gasteiger partial charge >= 0.3 is 0 Å². The fraction of sp³-hybridized carbons (Fsp3) is 0.324. The highest BCUT2D eigenvalue weighted by Crippen LogP contribution is 2.31. The van der Waals surface area contributed by atoms with E-state index >= 15 is 0 Å². The molecule has 0 fully saturated rings. The molecule has 0 aromatic heterocycles. The molecule has 2 aromatic carbocycles. The Bertz CT molecular complexity index is 1400. The molecule has 3 aliphatic rings. The van der Waals surface area contributed by atoms with Crippen LogP contribution in [-0.4, -0.2) is 41.6 Å². The molecule has 3 N–H and O–H groups in total. The summed E-state index contributed by atoms with van der Waals surface area (Å²) < 4.78 is 5.95. The van der Waals surface area contributed by atoms with Gasteiger partial charge in [-0.05, 0) is 79.1 Å². The molecule has 1 amide bonds. The molecule has 0 saturated carbocycles. The van der Waals surface area contributed by atoms with E-state index in [1.165, 1.54) is 16.8 Å². The smallest absolute Gasteiger partial charge is 0.251 e. The number of aliphatic hydroxyl groups is 2. The Hall–Kier alpha value is -3.87. The zero-order valence-electron chi connectivity index (χ0n) is 23.3. The van der Waals surface area contributed by atoms with Crippen LogP contribution in [0.25, 0.3) is 5.57 Å². The summed E-state index contributed by atoms with van der Waals surface area (Å²) in [5.74, 6) is 0.949. The van der Waals surface area contributed by atoms with E-state index in [-0.39, 0.29) is 11.9 Å². The van der Waals surface area contributed by atoms with Gasteiger partial charge in [-0.2, -0.15) is 0 Å². The first-order chi connectivity index (χ1) is 19.5. The van der Waals surface area contributed by atoms with Crippen LogP contribution in [0, 0.1) is 0 Å². The van der Waals surface area contributed by atoms with E-state index in [4.69, 9.17) is 4.74 Å². The first kappa shape index (κ1) is 27.7. The third-order valence-corrected chi connectivity index (χ3v) is 7.85. The van der Waals surface area contributed by atoms with Crippen LogP contribution in [0.3, 0.4) is 0 Å². The van der Waals surface area contributed by atoms with Gasteiger partial charge < -0.3 is 25.2 Å². The number of benzene rings is 2. The number of anilines is 1. The molecule has 5 rings (SSSR count). The van der Waals surface area contributed by atoms with Crippen molar-refractivity contribution >= 4 is 17.2 Å². The molecule has 0 bridgehead atoms. The number of rotatable bonds is 7. The van der Waals surface area contributed by atoms with Crippen LogP contribution in [0.4, 0.5) is 5.69 Å². The van der Waals surface area contributed by atoms with Crippen LogP contribution in [0.2, 0.25) is 0 Å². The monoisotopic (exact) mass is 538 g/mol. The molecule has 2 aliphatic heterocycles. The van der Waals surface area contributed by atoms with Crippen LogP contribution in [0.5, 0.6) is 0 Å². The van der Waals surface area contributed by atoms with Crippen LogP contribution >= 0.6 is 0 Å². The highest BCUT2D eigenvalue weighted by Gasteiger charge is 2.24. The molecule has 1 aliphatic carbocycles. The lowest BCUT2D eigenvalue weighted by molar-refractivity contribution is -0.00398. The van der Waals surface area contributed by atoms with Gasteiger partial charge in [-0.1, -0.05) is 60.7 Å². The predicted octanol–water partition coefficient (Wildman–Crippen LogP) is 5.59. The molecule has 1 atom stereocenters. The Balaban J connectivity index is 1.25. The number of carbonyl (C=O) groups is 1. The zero-order valence-corrected chi connectivity index (χ0v) is 23.3. The first-order valence-electron chi connectivity index (χ1n) is 14.1. The average Bonchev–Trinajstić information content (AvgIpc) is 3.21. The zero-order chi connectivity index (χ0) is 28.1. The van der Waals surface area contributed by atoms with Crippen molar-refractivity contribution in [3.8, 4) is 0 Å². The van der Waals surface area contributed by atoms with E-state index in [0.717, 1.165) is 61.2 Å². The molecule has 208 valence electrons. The third kappa shape index (κ3) is 6.14. The van der Waals surface area contributed by atoms with Gasteiger partial charge in [0.05, 0.1) is 6.04 Å². The standard InChI is InChI=1S/C34H38N2O4/c1-3-29(30(4-2)34(38)39)24-14-12-23(13-15-24)21-36-18-8-10-25-19-27(16-17-31(25)36)33(37)35-28-20-26-9-6-5-7-11-32(26)40-22-28/h3-7,9,12-17,19,28,34,38-39H,8,10-11,18,20-22H2,1-2H3,(H,35,37)/b29-3-,30-4+. The maximum atomic E-state index is 13.2. The first-order valence-corrected chi connectivity index (χ1v) is 14.1. The predicted molar refractivity (Wildman–Crippen MR) is 160 cm³/mol. The largest absolute Gasteiger partial charge is 0.495 e. The molecule has 0 spiro atoms. The number of nitrogens with one attached hydrogen (secondary N) is 1. The number of aliphatic hydroxyl groups excluding tert-OH is 1. The van der Waals surface area contributed by atoms with E-state index < -0.39 is 6.29 Å². The fourth-order valence-electron chi connectivity index (χ4n) is 5.80. The highest BCUT2D eigenvalue weighted by atomic mass is 16.5. The summed E-state index contributed by atoms with van der Waals surface area (Å²) >= 11 is 0. The van der Waals surface area contributed by atoms with Gasteiger partial charge in [-0.25, -0.2) is 0 Å². The van der Waals surface area contributed by atoms with Crippen molar-refractivity contribution < 1.29 is 19.7 Å². The molecule has 6 heteroatoms. The molecule has 0 saturated heterocycles. The molecule has 2 aromatic rings. The van der Waals surface area contributed by atoms with E-state index in [2.05, 4.69) is 40.6 Å². The molecule has 40 heavy (non-hydrogen) atoms. The minimum atomic E-state index is -1.51. The van der Waals surface area contributed by atoms with Gasteiger partial charge in [0.1, 0.15) is 12.4 Å². The van der Waals surface area contributed by atoms with E-state index in [9.17, 15) is 15.0 Å². The number of fused-ring (bicyclic) bond motifs is 1. The Morgan fingerprint density at radius 3 is 2.65 bits per heavy atom. The number of aryl methyl sites for hydroxylation is 1. The highest BCUT2D eigenvalue weighted by molar-refractivity contribution is 5.95. The molecule has 1 unspecified atom stereocenters.